The highest BCUT2D eigenvalue weighted by Crippen LogP contribution is 2.43. The van der Waals surface area contributed by atoms with Crippen LogP contribution in [0.4, 0.5) is 0 Å². The highest BCUT2D eigenvalue weighted by Gasteiger charge is 2.35. The Morgan fingerprint density at radius 2 is 1.74 bits per heavy atom. The molecule has 0 aliphatic heterocycles. The molecule has 5 nitrogen and oxygen atoms in total. The first-order valence-corrected chi connectivity index (χ1v) is 10.7. The molecule has 0 fully saturated rings. The molecule has 5 aromatic rings. The zero-order valence-corrected chi connectivity index (χ0v) is 17.7. The smallest absolute Gasteiger partial charge is 0.212 e. The number of rotatable bonds is 3. The average molecular weight is 423 g/mol. The van der Waals surface area contributed by atoms with Crippen molar-refractivity contribution in [1.29, 1.82) is 0 Å². The van der Waals surface area contributed by atoms with Crippen LogP contribution in [0.25, 0.3) is 37.9 Å². The lowest BCUT2D eigenvalue weighted by molar-refractivity contribution is 0.104. The molecule has 0 atom stereocenters. The average Bonchev–Trinajstić information content (AvgIpc) is 3.47. The van der Waals surface area contributed by atoms with Crippen molar-refractivity contribution in [3.8, 4) is 33.4 Å². The second kappa shape index (κ2) is 6.62. The predicted octanol–water partition coefficient (Wildman–Crippen LogP) is 5.68. The van der Waals surface area contributed by atoms with Crippen LogP contribution in [-0.4, -0.2) is 27.7 Å². The number of carbonyl (C=O) groups excluding carboxylic acids is 1. The second-order valence-corrected chi connectivity index (χ2v) is 8.56. The van der Waals surface area contributed by atoms with Gasteiger partial charge in [0.1, 0.15) is 11.4 Å². The zero-order valence-electron chi connectivity index (χ0n) is 16.9. The molecule has 150 valence electrons. The van der Waals surface area contributed by atoms with Crippen molar-refractivity contribution in [3.05, 3.63) is 83.4 Å². The van der Waals surface area contributed by atoms with Gasteiger partial charge in [-0.15, -0.1) is 0 Å². The molecule has 0 saturated carbocycles. The topological polar surface area (TPSA) is 57.0 Å². The van der Waals surface area contributed by atoms with Crippen molar-refractivity contribution in [3.63, 3.8) is 0 Å². The number of hydrogen-bond donors (Lipinski definition) is 0. The molecule has 0 radical (unpaired) electrons. The first-order valence-electron chi connectivity index (χ1n) is 9.93. The van der Waals surface area contributed by atoms with Gasteiger partial charge < -0.3 is 4.74 Å². The normalized spacial score (nSPS) is 12.3. The number of fused-ring (bicyclic) bond motifs is 4. The van der Waals surface area contributed by atoms with Crippen LogP contribution in [0.5, 0.6) is 5.75 Å². The van der Waals surface area contributed by atoms with Crippen LogP contribution < -0.4 is 4.74 Å². The number of nitrogens with zero attached hydrogens (tertiary/aromatic N) is 3. The predicted molar refractivity (Wildman–Crippen MR) is 122 cm³/mol. The monoisotopic (exact) mass is 423 g/mol. The number of aromatic nitrogens is 3. The summed E-state index contributed by atoms with van der Waals surface area (Å²) in [5.74, 6) is 0.796. The zero-order chi connectivity index (χ0) is 21.1. The van der Waals surface area contributed by atoms with E-state index in [0.29, 0.717) is 16.8 Å². The van der Waals surface area contributed by atoms with Gasteiger partial charge in [0.25, 0.3) is 0 Å². The minimum Gasteiger partial charge on any atom is -0.497 e. The standard InChI is InChI=1S/C25H17N3O2S/c1-14-7-9-15(10-8-14)22-21-23(17-5-3-4-6-18(17)24(21)29)28(27-22)25-26-19-12-11-16(30-2)13-20(19)31-25/h3-13H,1-2H3. The summed E-state index contributed by atoms with van der Waals surface area (Å²) < 4.78 is 8.19. The van der Waals surface area contributed by atoms with Gasteiger partial charge >= 0.3 is 0 Å². The summed E-state index contributed by atoms with van der Waals surface area (Å²) >= 11 is 1.53. The Bertz CT molecular complexity index is 1500. The number of hydrogen-bond acceptors (Lipinski definition) is 5. The third-order valence-corrected chi connectivity index (χ3v) is 6.62. The van der Waals surface area contributed by atoms with Crippen molar-refractivity contribution >= 4 is 27.3 Å². The van der Waals surface area contributed by atoms with Gasteiger partial charge in [-0.25, -0.2) is 9.67 Å². The van der Waals surface area contributed by atoms with E-state index < -0.39 is 0 Å². The molecule has 1 aliphatic rings. The van der Waals surface area contributed by atoms with Gasteiger partial charge in [0.2, 0.25) is 5.13 Å². The van der Waals surface area contributed by atoms with Crippen molar-refractivity contribution in [1.82, 2.24) is 14.8 Å². The number of thiazole rings is 1. The molecule has 31 heavy (non-hydrogen) atoms. The lowest BCUT2D eigenvalue weighted by atomic mass is 10.0. The number of benzene rings is 3. The van der Waals surface area contributed by atoms with Crippen molar-refractivity contribution in [2.24, 2.45) is 0 Å². The lowest BCUT2D eigenvalue weighted by Crippen LogP contribution is -2.00. The summed E-state index contributed by atoms with van der Waals surface area (Å²) in [6, 6.07) is 21.6. The summed E-state index contributed by atoms with van der Waals surface area (Å²) in [7, 11) is 1.65. The number of carbonyl (C=O) groups is 1. The van der Waals surface area contributed by atoms with Gasteiger partial charge in [0.15, 0.2) is 5.78 Å². The van der Waals surface area contributed by atoms with E-state index in [0.717, 1.165) is 43.5 Å². The lowest BCUT2D eigenvalue weighted by Gasteiger charge is -2.03. The van der Waals surface area contributed by atoms with E-state index in [-0.39, 0.29) is 5.78 Å². The Morgan fingerprint density at radius 3 is 2.52 bits per heavy atom. The summed E-state index contributed by atoms with van der Waals surface area (Å²) in [6.07, 6.45) is 0. The Kier molecular flexibility index (Phi) is 3.85. The fraction of sp³-hybridized carbons (Fsp3) is 0.0800. The van der Waals surface area contributed by atoms with E-state index >= 15 is 0 Å². The Hall–Kier alpha value is -3.77. The van der Waals surface area contributed by atoms with E-state index in [1.807, 2.05) is 78.3 Å². The SMILES string of the molecule is COc1ccc2nc(-n3nc(-c4ccc(C)cc4)c4c3-c3ccccc3C4=O)sc2c1. The second-order valence-electron chi connectivity index (χ2n) is 7.55. The largest absolute Gasteiger partial charge is 0.497 e. The van der Waals surface area contributed by atoms with Crippen LogP contribution in [-0.2, 0) is 0 Å². The van der Waals surface area contributed by atoms with Gasteiger partial charge in [0, 0.05) is 16.7 Å². The maximum Gasteiger partial charge on any atom is 0.212 e. The molecule has 0 saturated heterocycles. The van der Waals surface area contributed by atoms with E-state index in [1.54, 1.807) is 7.11 Å². The minimum atomic E-state index is 0.00945. The molecule has 2 heterocycles. The molecular weight excluding hydrogens is 406 g/mol. The first kappa shape index (κ1) is 18.0. The fourth-order valence-electron chi connectivity index (χ4n) is 4.07. The Morgan fingerprint density at radius 1 is 0.968 bits per heavy atom. The number of aryl methyl sites for hydroxylation is 1. The van der Waals surface area contributed by atoms with Crippen LogP contribution in [0.3, 0.4) is 0 Å². The van der Waals surface area contributed by atoms with Crippen LogP contribution in [0.1, 0.15) is 21.5 Å². The Balaban J connectivity index is 1.63. The fourth-order valence-corrected chi connectivity index (χ4v) is 5.02. The summed E-state index contributed by atoms with van der Waals surface area (Å²) in [5.41, 5.74) is 6.70. The highest BCUT2D eigenvalue weighted by molar-refractivity contribution is 7.20. The quantitative estimate of drug-likeness (QED) is 0.368. The summed E-state index contributed by atoms with van der Waals surface area (Å²) in [6.45, 7) is 2.04. The van der Waals surface area contributed by atoms with Gasteiger partial charge in [0.05, 0.1) is 28.6 Å². The summed E-state index contributed by atoms with van der Waals surface area (Å²) in [4.78, 5) is 18.2. The number of ether oxygens (including phenoxy) is 1. The summed E-state index contributed by atoms with van der Waals surface area (Å²) in [5, 5.41) is 5.63. The molecule has 0 amide bonds. The first-order chi connectivity index (χ1) is 15.1. The highest BCUT2D eigenvalue weighted by atomic mass is 32.1. The molecular formula is C25H17N3O2S. The van der Waals surface area contributed by atoms with Crippen LogP contribution >= 0.6 is 11.3 Å². The molecule has 0 bridgehead atoms. The third kappa shape index (κ3) is 2.65. The van der Waals surface area contributed by atoms with Gasteiger partial charge in [-0.05, 0) is 25.1 Å². The number of ketones is 1. The Labute approximate surface area is 182 Å². The van der Waals surface area contributed by atoms with Crippen molar-refractivity contribution < 1.29 is 9.53 Å². The molecule has 0 unspecified atom stereocenters. The van der Waals surface area contributed by atoms with Crippen LogP contribution in [0.2, 0.25) is 0 Å². The molecule has 3 aromatic carbocycles. The molecule has 6 heteroatoms. The molecule has 0 N–H and O–H groups in total. The van der Waals surface area contributed by atoms with E-state index in [2.05, 4.69) is 0 Å². The molecule has 1 aliphatic carbocycles. The molecule has 0 spiro atoms. The van der Waals surface area contributed by atoms with E-state index in [4.69, 9.17) is 14.8 Å². The van der Waals surface area contributed by atoms with E-state index in [9.17, 15) is 4.79 Å². The van der Waals surface area contributed by atoms with Crippen LogP contribution in [0.15, 0.2) is 66.7 Å². The molecule has 6 rings (SSSR count). The van der Waals surface area contributed by atoms with Crippen molar-refractivity contribution in [2.45, 2.75) is 6.92 Å². The van der Waals surface area contributed by atoms with Gasteiger partial charge in [-0.2, -0.15) is 5.10 Å². The van der Waals surface area contributed by atoms with E-state index in [1.165, 1.54) is 11.3 Å². The minimum absolute atomic E-state index is 0.00945. The van der Waals surface area contributed by atoms with Crippen LogP contribution in [0, 0.1) is 6.92 Å². The third-order valence-electron chi connectivity index (χ3n) is 5.63. The van der Waals surface area contributed by atoms with Crippen molar-refractivity contribution in [2.75, 3.05) is 7.11 Å². The number of methoxy groups -OCH3 is 1. The maximum absolute atomic E-state index is 13.4. The van der Waals surface area contributed by atoms with Gasteiger partial charge in [-0.3, -0.25) is 4.79 Å². The molecule has 2 aromatic heterocycles. The maximum atomic E-state index is 13.4. The van der Waals surface area contributed by atoms with Gasteiger partial charge in [-0.1, -0.05) is 65.4 Å².